The van der Waals surface area contributed by atoms with E-state index in [0.29, 0.717) is 4.88 Å². The summed E-state index contributed by atoms with van der Waals surface area (Å²) >= 11 is 1.24. The maximum Gasteiger partial charge on any atom is 0.244 e. The van der Waals surface area contributed by atoms with E-state index in [-0.39, 0.29) is 24.1 Å². The van der Waals surface area contributed by atoms with Crippen LogP contribution in [0, 0.1) is 0 Å². The van der Waals surface area contributed by atoms with Crippen molar-refractivity contribution in [2.24, 2.45) is 0 Å². The van der Waals surface area contributed by atoms with Gasteiger partial charge in [0.15, 0.2) is 0 Å². The smallest absolute Gasteiger partial charge is 0.244 e. The average molecular weight is 275 g/mol. The number of aliphatic hydroxyl groups is 1. The maximum atomic E-state index is 12.3. The fourth-order valence-corrected chi connectivity index (χ4v) is 4.16. The maximum absolute atomic E-state index is 12.3. The van der Waals surface area contributed by atoms with E-state index in [1.165, 1.54) is 21.7 Å². The van der Waals surface area contributed by atoms with Gasteiger partial charge in [0.25, 0.3) is 0 Å². The van der Waals surface area contributed by atoms with Crippen LogP contribution < -0.4 is 0 Å². The highest BCUT2D eigenvalue weighted by atomic mass is 32.2. The van der Waals surface area contributed by atoms with Crippen LogP contribution in [0.15, 0.2) is 29.0 Å². The van der Waals surface area contributed by atoms with E-state index in [9.17, 15) is 8.42 Å². The van der Waals surface area contributed by atoms with E-state index >= 15 is 0 Å². The van der Waals surface area contributed by atoms with Gasteiger partial charge in [-0.1, -0.05) is 6.08 Å². The first kappa shape index (κ1) is 14.4. The van der Waals surface area contributed by atoms with Gasteiger partial charge in [-0.15, -0.1) is 17.9 Å². The highest BCUT2D eigenvalue weighted by Crippen LogP contribution is 2.24. The summed E-state index contributed by atoms with van der Waals surface area (Å²) in [5.74, 6) is 0. The van der Waals surface area contributed by atoms with Crippen molar-refractivity contribution >= 4 is 21.4 Å². The second-order valence-corrected chi connectivity index (χ2v) is 6.75. The Kier molecular flexibility index (Phi) is 4.88. The first-order valence-corrected chi connectivity index (χ1v) is 7.56. The van der Waals surface area contributed by atoms with Gasteiger partial charge in [0.05, 0.1) is 11.5 Å². The van der Waals surface area contributed by atoms with Gasteiger partial charge < -0.3 is 5.11 Å². The van der Waals surface area contributed by atoms with E-state index in [0.717, 1.165) is 0 Å². The summed E-state index contributed by atoms with van der Waals surface area (Å²) in [6, 6.07) is 1.38. The third-order valence-electron chi connectivity index (χ3n) is 2.28. The van der Waals surface area contributed by atoms with E-state index in [2.05, 4.69) is 6.58 Å². The molecule has 0 spiro atoms. The van der Waals surface area contributed by atoms with Gasteiger partial charge in [-0.3, -0.25) is 0 Å². The minimum atomic E-state index is -3.49. The SMILES string of the molecule is C=CCN(C(C)C)S(=O)(=O)c1csc(CO)c1. The molecule has 1 aromatic heterocycles. The number of aliphatic hydroxyl groups excluding tert-OH is 1. The van der Waals surface area contributed by atoms with Crippen molar-refractivity contribution in [3.05, 3.63) is 29.0 Å². The van der Waals surface area contributed by atoms with Crippen LogP contribution in [0.5, 0.6) is 0 Å². The molecule has 96 valence electrons. The number of rotatable bonds is 6. The zero-order chi connectivity index (χ0) is 13.1. The van der Waals surface area contributed by atoms with E-state index in [1.54, 1.807) is 11.5 Å². The third kappa shape index (κ3) is 3.16. The first-order valence-electron chi connectivity index (χ1n) is 5.24. The van der Waals surface area contributed by atoms with Crippen LogP contribution in [-0.2, 0) is 16.6 Å². The van der Waals surface area contributed by atoms with Crippen LogP contribution in [0.25, 0.3) is 0 Å². The fourth-order valence-electron chi connectivity index (χ4n) is 1.43. The lowest BCUT2D eigenvalue weighted by atomic mass is 10.4. The van der Waals surface area contributed by atoms with Gasteiger partial charge in [-0.05, 0) is 19.9 Å². The van der Waals surface area contributed by atoms with Gasteiger partial charge in [-0.2, -0.15) is 4.31 Å². The molecule has 6 heteroatoms. The molecule has 0 saturated carbocycles. The van der Waals surface area contributed by atoms with Crippen molar-refractivity contribution in [3.8, 4) is 0 Å². The quantitative estimate of drug-likeness (QED) is 0.806. The molecule has 4 nitrogen and oxygen atoms in total. The summed E-state index contributed by atoms with van der Waals surface area (Å²) in [7, 11) is -3.49. The largest absolute Gasteiger partial charge is 0.391 e. The summed E-state index contributed by atoms with van der Waals surface area (Å²) in [4.78, 5) is 0.882. The summed E-state index contributed by atoms with van der Waals surface area (Å²) < 4.78 is 26.0. The summed E-state index contributed by atoms with van der Waals surface area (Å²) in [5, 5.41) is 10.5. The van der Waals surface area contributed by atoms with Gasteiger partial charge in [0, 0.05) is 22.8 Å². The molecule has 0 unspecified atom stereocenters. The lowest BCUT2D eigenvalue weighted by Crippen LogP contribution is -2.36. The van der Waals surface area contributed by atoms with Crippen LogP contribution in [-0.4, -0.2) is 30.4 Å². The number of hydrogen-bond acceptors (Lipinski definition) is 4. The van der Waals surface area contributed by atoms with E-state index in [4.69, 9.17) is 5.11 Å². The Morgan fingerprint density at radius 2 is 2.24 bits per heavy atom. The molecule has 17 heavy (non-hydrogen) atoms. The predicted molar refractivity (Wildman–Crippen MR) is 69.5 cm³/mol. The van der Waals surface area contributed by atoms with Crippen LogP contribution in [0.2, 0.25) is 0 Å². The number of nitrogens with zero attached hydrogens (tertiary/aromatic N) is 1. The molecule has 0 radical (unpaired) electrons. The van der Waals surface area contributed by atoms with E-state index < -0.39 is 10.0 Å². The van der Waals surface area contributed by atoms with Crippen LogP contribution in [0.3, 0.4) is 0 Å². The monoisotopic (exact) mass is 275 g/mol. The summed E-state index contributed by atoms with van der Waals surface area (Å²) in [6.07, 6.45) is 1.57. The Labute approximate surface area is 106 Å². The number of hydrogen-bond donors (Lipinski definition) is 1. The van der Waals surface area contributed by atoms with Crippen molar-refractivity contribution in [2.45, 2.75) is 31.4 Å². The lowest BCUT2D eigenvalue weighted by molar-refractivity contribution is 0.285. The minimum absolute atomic E-state index is 0.129. The van der Waals surface area contributed by atoms with Gasteiger partial charge >= 0.3 is 0 Å². The zero-order valence-electron chi connectivity index (χ0n) is 9.96. The lowest BCUT2D eigenvalue weighted by Gasteiger charge is -2.23. The van der Waals surface area contributed by atoms with Crippen molar-refractivity contribution in [2.75, 3.05) is 6.54 Å². The van der Waals surface area contributed by atoms with Crippen LogP contribution in [0.4, 0.5) is 0 Å². The Balaban J connectivity index is 3.11. The molecular weight excluding hydrogens is 258 g/mol. The second-order valence-electron chi connectivity index (χ2n) is 3.86. The van der Waals surface area contributed by atoms with Crippen molar-refractivity contribution in [3.63, 3.8) is 0 Å². The molecule has 0 aliphatic carbocycles. The molecule has 0 aromatic carbocycles. The average Bonchev–Trinajstić information content (AvgIpc) is 2.74. The normalized spacial score (nSPS) is 12.3. The topological polar surface area (TPSA) is 57.6 Å². The molecule has 0 aliphatic heterocycles. The molecular formula is C11H17NO3S2. The molecule has 0 aliphatic rings. The van der Waals surface area contributed by atoms with Gasteiger partial charge in [-0.25, -0.2) is 8.42 Å². The number of sulfonamides is 1. The first-order chi connectivity index (χ1) is 7.93. The van der Waals surface area contributed by atoms with Crippen molar-refractivity contribution in [1.29, 1.82) is 0 Å². The Hall–Kier alpha value is -0.690. The van der Waals surface area contributed by atoms with Crippen molar-refractivity contribution in [1.82, 2.24) is 4.31 Å². The summed E-state index contributed by atoms with van der Waals surface area (Å²) in [5.41, 5.74) is 0. The standard InChI is InChI=1S/C11H17NO3S2/c1-4-5-12(9(2)3)17(14,15)11-6-10(7-13)16-8-11/h4,6,8-9,13H,1,5,7H2,2-3H3. The Morgan fingerprint density at radius 3 is 2.65 bits per heavy atom. The van der Waals surface area contributed by atoms with Gasteiger partial charge in [0.1, 0.15) is 0 Å². The van der Waals surface area contributed by atoms with Gasteiger partial charge in [0.2, 0.25) is 10.0 Å². The Bertz CT molecular complexity index is 477. The molecule has 0 bridgehead atoms. The van der Waals surface area contributed by atoms with Crippen LogP contribution in [0.1, 0.15) is 18.7 Å². The number of thiophene rings is 1. The van der Waals surface area contributed by atoms with Crippen LogP contribution >= 0.6 is 11.3 Å². The van der Waals surface area contributed by atoms with Crippen molar-refractivity contribution < 1.29 is 13.5 Å². The zero-order valence-corrected chi connectivity index (χ0v) is 11.6. The highest BCUT2D eigenvalue weighted by Gasteiger charge is 2.26. The molecule has 0 amide bonds. The molecule has 0 saturated heterocycles. The molecule has 1 N–H and O–H groups in total. The van der Waals surface area contributed by atoms with E-state index in [1.807, 2.05) is 13.8 Å². The molecule has 1 aromatic rings. The molecule has 1 heterocycles. The fraction of sp³-hybridized carbons (Fsp3) is 0.455. The predicted octanol–water partition coefficient (Wildman–Crippen LogP) is 1.83. The minimum Gasteiger partial charge on any atom is -0.391 e. The Morgan fingerprint density at radius 1 is 1.59 bits per heavy atom. The second kappa shape index (κ2) is 5.77. The third-order valence-corrected chi connectivity index (χ3v) is 5.37. The molecule has 0 atom stereocenters. The molecule has 1 rings (SSSR count). The molecule has 0 fully saturated rings. The summed E-state index contributed by atoms with van der Waals surface area (Å²) in [6.45, 7) is 7.35. The highest BCUT2D eigenvalue weighted by molar-refractivity contribution is 7.89.